The van der Waals surface area contributed by atoms with Crippen molar-refractivity contribution >= 4 is 78.2 Å². The summed E-state index contributed by atoms with van der Waals surface area (Å²) in [6.07, 6.45) is 5.27. The zero-order chi connectivity index (χ0) is 42.7. The van der Waals surface area contributed by atoms with Crippen LogP contribution < -0.4 is 20.0 Å². The van der Waals surface area contributed by atoms with E-state index >= 15 is 4.39 Å². The molecular formula is C43H48BrF4N9O3. The van der Waals surface area contributed by atoms with Gasteiger partial charge in [-0.25, -0.2) is 27.5 Å². The molecule has 1 N–H and O–H groups in total. The molecule has 60 heavy (non-hydrogen) atoms. The minimum Gasteiger partial charge on any atom is -0.378 e. The van der Waals surface area contributed by atoms with Gasteiger partial charge in [-0.05, 0) is 48.7 Å². The van der Waals surface area contributed by atoms with Crippen molar-refractivity contribution < 1.29 is 31.9 Å². The average molecular weight is 895 g/mol. The summed E-state index contributed by atoms with van der Waals surface area (Å²) in [7, 11) is 0. The molecule has 0 aliphatic carbocycles. The van der Waals surface area contributed by atoms with Crippen molar-refractivity contribution in [1.82, 2.24) is 24.8 Å². The number of pyridine rings is 3. The van der Waals surface area contributed by atoms with Gasteiger partial charge in [0.15, 0.2) is 0 Å². The summed E-state index contributed by atoms with van der Waals surface area (Å²) in [5.74, 6) is -1.52. The average Bonchev–Trinajstić information content (AvgIpc) is 3.22. The zero-order valence-corrected chi connectivity index (χ0v) is 35.7. The lowest BCUT2D eigenvalue weighted by molar-refractivity contribution is -0.131. The van der Waals surface area contributed by atoms with E-state index in [4.69, 9.17) is 4.74 Å². The number of aromatic nitrogens is 3. The second-order valence-electron chi connectivity index (χ2n) is 15.1. The number of carbonyl (C=O) groups excluding carboxylic acids is 2. The molecule has 0 spiro atoms. The third-order valence-corrected chi connectivity index (χ3v) is 11.9. The first-order chi connectivity index (χ1) is 28.9. The number of piperazine rings is 2. The molecule has 3 aliphatic heterocycles. The Morgan fingerprint density at radius 1 is 0.683 bits per heavy atom. The van der Waals surface area contributed by atoms with Crippen LogP contribution in [0.2, 0.25) is 0 Å². The lowest BCUT2D eigenvalue weighted by Crippen LogP contribution is -2.51. The molecule has 0 saturated carbocycles. The maximum atomic E-state index is 15.1. The highest BCUT2D eigenvalue weighted by atomic mass is 79.9. The van der Waals surface area contributed by atoms with Gasteiger partial charge in [-0.3, -0.25) is 14.6 Å². The highest BCUT2D eigenvalue weighted by Crippen LogP contribution is 2.38. The summed E-state index contributed by atoms with van der Waals surface area (Å²) < 4.78 is 62.9. The van der Waals surface area contributed by atoms with Crippen molar-refractivity contribution in [1.29, 1.82) is 0 Å². The molecule has 0 unspecified atom stereocenters. The standard InChI is InChI=1S/C26H30F2N6O2.C17H18BrF2N3O/c1-3-4-33-5-6-34(16-23(33)35)26-17(2)25(24-21(28)11-18(27)12-22(24)31-26)30-19-13-20(15-29-14-19)32-7-9-36-10-8-32;1-3-4-22-5-6-23(9-14(22)24)17-10(2)16(18)15-12(20)7-11(19)8-13(15)21-17/h11-15H,3-10,16H2,1-2H3,(H,30,31);7-8H,3-6,9H2,1-2H3. The Labute approximate surface area is 354 Å². The molecule has 3 saturated heterocycles. The molecule has 2 amide bonds. The van der Waals surface area contributed by atoms with Gasteiger partial charge in [-0.15, -0.1) is 0 Å². The number of ether oxygens (including phenoxy) is 1. The molecule has 8 rings (SSSR count). The van der Waals surface area contributed by atoms with E-state index in [9.17, 15) is 22.8 Å². The summed E-state index contributed by atoms with van der Waals surface area (Å²) in [6.45, 7) is 14.9. The molecular weight excluding hydrogens is 846 g/mol. The van der Waals surface area contributed by atoms with Gasteiger partial charge in [0.2, 0.25) is 11.8 Å². The Morgan fingerprint density at radius 3 is 1.77 bits per heavy atom. The summed E-state index contributed by atoms with van der Waals surface area (Å²) >= 11 is 3.40. The number of amides is 2. The van der Waals surface area contributed by atoms with E-state index in [-0.39, 0.29) is 46.7 Å². The van der Waals surface area contributed by atoms with Gasteiger partial charge in [-0.2, -0.15) is 0 Å². The molecule has 17 heteroatoms. The fourth-order valence-electron chi connectivity index (χ4n) is 7.94. The van der Waals surface area contributed by atoms with Crippen LogP contribution in [-0.2, 0) is 14.3 Å². The number of hydrogen-bond donors (Lipinski definition) is 1. The van der Waals surface area contributed by atoms with Crippen molar-refractivity contribution in [3.63, 3.8) is 0 Å². The smallest absolute Gasteiger partial charge is 0.242 e. The van der Waals surface area contributed by atoms with Crippen molar-refractivity contribution in [3.05, 3.63) is 81.6 Å². The van der Waals surface area contributed by atoms with Crippen LogP contribution in [0.4, 0.5) is 46.3 Å². The lowest BCUT2D eigenvalue weighted by atomic mass is 10.1. The van der Waals surface area contributed by atoms with Gasteiger partial charge >= 0.3 is 0 Å². The maximum Gasteiger partial charge on any atom is 0.242 e. The van der Waals surface area contributed by atoms with Crippen molar-refractivity contribution in [2.24, 2.45) is 0 Å². The van der Waals surface area contributed by atoms with E-state index in [0.717, 1.165) is 55.9 Å². The number of nitrogens with one attached hydrogen (secondary N) is 1. The number of fused-ring (bicyclic) bond motifs is 2. The van der Waals surface area contributed by atoms with Crippen molar-refractivity contribution in [3.8, 4) is 0 Å². The van der Waals surface area contributed by atoms with Crippen LogP contribution in [-0.4, -0.2) is 115 Å². The van der Waals surface area contributed by atoms with Crippen LogP contribution in [0.5, 0.6) is 0 Å². The Morgan fingerprint density at radius 2 is 1.22 bits per heavy atom. The number of nitrogens with zero attached hydrogens (tertiary/aromatic N) is 8. The number of rotatable bonds is 9. The minimum absolute atomic E-state index is 0.0201. The van der Waals surface area contributed by atoms with Gasteiger partial charge in [-0.1, -0.05) is 13.8 Å². The van der Waals surface area contributed by atoms with E-state index in [1.807, 2.05) is 53.4 Å². The monoisotopic (exact) mass is 893 g/mol. The highest BCUT2D eigenvalue weighted by Gasteiger charge is 2.29. The molecule has 3 aromatic heterocycles. The normalized spacial score (nSPS) is 16.2. The maximum absolute atomic E-state index is 15.1. The number of hydrogen-bond acceptors (Lipinski definition) is 10. The van der Waals surface area contributed by atoms with Crippen molar-refractivity contribution in [2.45, 2.75) is 40.5 Å². The largest absolute Gasteiger partial charge is 0.378 e. The van der Waals surface area contributed by atoms with Gasteiger partial charge in [0.1, 0.15) is 34.9 Å². The van der Waals surface area contributed by atoms with Crippen molar-refractivity contribution in [2.75, 3.05) is 98.7 Å². The summed E-state index contributed by atoms with van der Waals surface area (Å²) in [4.78, 5) is 48.0. The molecule has 3 aliphatic rings. The molecule has 2 aromatic carbocycles. The number of morpholine rings is 1. The second-order valence-corrected chi connectivity index (χ2v) is 15.9. The van der Waals surface area contributed by atoms with E-state index in [1.54, 1.807) is 12.4 Å². The molecule has 0 bridgehead atoms. The van der Waals surface area contributed by atoms with Crippen LogP contribution in [0.3, 0.4) is 0 Å². The van der Waals surface area contributed by atoms with Crippen LogP contribution in [0.25, 0.3) is 21.8 Å². The van der Waals surface area contributed by atoms with Gasteiger partial charge in [0.05, 0.1) is 77.6 Å². The zero-order valence-electron chi connectivity index (χ0n) is 34.1. The fraction of sp³-hybridized carbons (Fsp3) is 0.419. The Hall–Kier alpha value is -5.29. The Bertz CT molecular complexity index is 2420. The van der Waals surface area contributed by atoms with E-state index in [1.165, 1.54) is 12.1 Å². The Balaban J connectivity index is 0.000000197. The van der Waals surface area contributed by atoms with Gasteiger partial charge < -0.3 is 34.6 Å². The highest BCUT2D eigenvalue weighted by molar-refractivity contribution is 9.10. The van der Waals surface area contributed by atoms with Gasteiger partial charge in [0.25, 0.3) is 0 Å². The predicted octanol–water partition coefficient (Wildman–Crippen LogP) is 7.50. The van der Waals surface area contributed by atoms with E-state index < -0.39 is 23.3 Å². The summed E-state index contributed by atoms with van der Waals surface area (Å²) in [5.41, 5.74) is 3.94. The second kappa shape index (κ2) is 18.5. The third-order valence-electron chi connectivity index (χ3n) is 11.0. The molecule has 3 fully saturated rings. The first-order valence-corrected chi connectivity index (χ1v) is 21.0. The van der Waals surface area contributed by atoms with Crippen LogP contribution >= 0.6 is 15.9 Å². The fourth-order valence-corrected chi connectivity index (χ4v) is 8.51. The third kappa shape index (κ3) is 9.06. The molecule has 318 valence electrons. The number of carbonyl (C=O) groups is 2. The first-order valence-electron chi connectivity index (χ1n) is 20.2. The molecule has 5 aromatic rings. The molecule has 0 atom stereocenters. The molecule has 6 heterocycles. The number of anilines is 5. The van der Waals surface area contributed by atoms with Crippen LogP contribution in [0.1, 0.15) is 37.8 Å². The predicted molar refractivity (Wildman–Crippen MR) is 229 cm³/mol. The number of halogens is 5. The van der Waals surface area contributed by atoms with E-state index in [2.05, 4.69) is 41.1 Å². The number of benzene rings is 2. The van der Waals surface area contributed by atoms with Gasteiger partial charge in [0, 0.05) is 92.2 Å². The topological polar surface area (TPSA) is 110 Å². The summed E-state index contributed by atoms with van der Waals surface area (Å²) in [6, 6.07) is 6.11. The quantitative estimate of drug-likeness (QED) is 0.150. The SMILES string of the molecule is CCCN1CCN(c2nc3cc(F)cc(F)c3c(Br)c2C)CC1=O.CCCN1CCN(c2nc3cc(F)cc(F)c3c(Nc3cncc(N4CCOCC4)c3)c2C)CC1=O. The first kappa shape index (κ1) is 42.8. The van der Waals surface area contributed by atoms with Crippen LogP contribution in [0, 0.1) is 37.1 Å². The minimum atomic E-state index is -0.701. The van der Waals surface area contributed by atoms with Crippen LogP contribution in [0.15, 0.2) is 47.2 Å². The molecule has 12 nitrogen and oxygen atoms in total. The summed E-state index contributed by atoms with van der Waals surface area (Å²) in [5, 5.41) is 3.79. The Kier molecular flexibility index (Phi) is 13.2. The van der Waals surface area contributed by atoms with E-state index in [0.29, 0.717) is 79.0 Å². The lowest BCUT2D eigenvalue weighted by Gasteiger charge is -2.36. The molecule has 0 radical (unpaired) electrons.